The molecule has 0 fully saturated rings. The molecule has 1 atom stereocenters. The lowest BCUT2D eigenvalue weighted by molar-refractivity contribution is -0.119. The molecule has 2 aromatic carbocycles. The van der Waals surface area contributed by atoms with Crippen molar-refractivity contribution in [2.45, 2.75) is 12.8 Å². The summed E-state index contributed by atoms with van der Waals surface area (Å²) in [5, 5.41) is 3.30. The number of hydrogen-bond acceptors (Lipinski definition) is 3. The van der Waals surface area contributed by atoms with E-state index in [-0.39, 0.29) is 23.2 Å². The standard InChI is InChI=1S/C18H20Cl2N2O3S/c1-13(14-6-4-3-5-7-14)11-21-18(23)12-22(26(2,24)25)17-10-15(19)8-9-16(17)20/h3-10,13H,11-12H2,1-2H3,(H,21,23). The molecular weight excluding hydrogens is 395 g/mol. The second kappa shape index (κ2) is 8.75. The number of rotatable bonds is 7. The van der Waals surface area contributed by atoms with E-state index in [0.29, 0.717) is 11.6 Å². The minimum absolute atomic E-state index is 0.0987. The molecule has 26 heavy (non-hydrogen) atoms. The van der Waals surface area contributed by atoms with Crippen LogP contribution in [0.1, 0.15) is 18.4 Å². The minimum atomic E-state index is -3.71. The van der Waals surface area contributed by atoms with E-state index in [1.165, 1.54) is 12.1 Å². The smallest absolute Gasteiger partial charge is 0.240 e. The number of nitrogens with one attached hydrogen (secondary N) is 1. The van der Waals surface area contributed by atoms with Gasteiger partial charge in [-0.2, -0.15) is 0 Å². The summed E-state index contributed by atoms with van der Waals surface area (Å²) in [5.41, 5.74) is 1.26. The second-order valence-corrected chi connectivity index (χ2v) is 8.73. The van der Waals surface area contributed by atoms with Crippen LogP contribution in [-0.4, -0.2) is 33.7 Å². The van der Waals surface area contributed by atoms with E-state index in [9.17, 15) is 13.2 Å². The first-order chi connectivity index (χ1) is 12.2. The molecule has 0 saturated carbocycles. The molecule has 0 aliphatic carbocycles. The van der Waals surface area contributed by atoms with Crippen LogP contribution < -0.4 is 9.62 Å². The fourth-order valence-electron chi connectivity index (χ4n) is 2.41. The minimum Gasteiger partial charge on any atom is -0.354 e. The number of benzene rings is 2. The Hall–Kier alpha value is -1.76. The summed E-state index contributed by atoms with van der Waals surface area (Å²) in [5.74, 6) is -0.323. The molecule has 0 radical (unpaired) electrons. The largest absolute Gasteiger partial charge is 0.354 e. The lowest BCUT2D eigenvalue weighted by atomic mass is 10.0. The van der Waals surface area contributed by atoms with Crippen molar-refractivity contribution < 1.29 is 13.2 Å². The predicted molar refractivity (Wildman–Crippen MR) is 107 cm³/mol. The summed E-state index contributed by atoms with van der Waals surface area (Å²) in [6.45, 7) is 2.00. The third kappa shape index (κ3) is 5.62. The van der Waals surface area contributed by atoms with Crippen LogP contribution in [0, 0.1) is 0 Å². The van der Waals surface area contributed by atoms with Gasteiger partial charge in [-0.25, -0.2) is 8.42 Å². The molecule has 140 valence electrons. The first-order valence-corrected chi connectivity index (χ1v) is 10.5. The number of carbonyl (C=O) groups is 1. The van der Waals surface area contributed by atoms with Crippen molar-refractivity contribution in [3.8, 4) is 0 Å². The summed E-state index contributed by atoms with van der Waals surface area (Å²) in [6, 6.07) is 14.2. The van der Waals surface area contributed by atoms with Crippen LogP contribution in [0.25, 0.3) is 0 Å². The molecule has 1 amide bonds. The van der Waals surface area contributed by atoms with E-state index >= 15 is 0 Å². The maximum atomic E-state index is 12.3. The quantitative estimate of drug-likeness (QED) is 0.750. The highest BCUT2D eigenvalue weighted by molar-refractivity contribution is 7.92. The van der Waals surface area contributed by atoms with Crippen LogP contribution in [0.5, 0.6) is 0 Å². The molecule has 0 aliphatic rings. The van der Waals surface area contributed by atoms with Crippen LogP contribution >= 0.6 is 23.2 Å². The third-order valence-electron chi connectivity index (χ3n) is 3.84. The zero-order valence-electron chi connectivity index (χ0n) is 14.4. The number of hydrogen-bond donors (Lipinski definition) is 1. The van der Waals surface area contributed by atoms with Crippen molar-refractivity contribution in [2.24, 2.45) is 0 Å². The number of anilines is 1. The topological polar surface area (TPSA) is 66.5 Å². The van der Waals surface area contributed by atoms with Crippen molar-refractivity contribution in [3.63, 3.8) is 0 Å². The van der Waals surface area contributed by atoms with E-state index in [1.807, 2.05) is 37.3 Å². The monoisotopic (exact) mass is 414 g/mol. The summed E-state index contributed by atoms with van der Waals surface area (Å²) in [7, 11) is -3.71. The zero-order valence-corrected chi connectivity index (χ0v) is 16.8. The summed E-state index contributed by atoms with van der Waals surface area (Å²) in [4.78, 5) is 12.3. The van der Waals surface area contributed by atoms with E-state index in [0.717, 1.165) is 16.1 Å². The fourth-order valence-corrected chi connectivity index (χ4v) is 3.71. The van der Waals surface area contributed by atoms with Crippen molar-refractivity contribution in [3.05, 3.63) is 64.1 Å². The lowest BCUT2D eigenvalue weighted by Gasteiger charge is -2.23. The van der Waals surface area contributed by atoms with Gasteiger partial charge in [-0.15, -0.1) is 0 Å². The van der Waals surface area contributed by atoms with Crippen LogP contribution in [0.15, 0.2) is 48.5 Å². The molecule has 0 aliphatic heterocycles. The lowest BCUT2D eigenvalue weighted by Crippen LogP contribution is -2.41. The number of sulfonamides is 1. The average molecular weight is 415 g/mol. The summed E-state index contributed by atoms with van der Waals surface area (Å²) in [6.07, 6.45) is 1.02. The molecule has 1 unspecified atom stereocenters. The van der Waals surface area contributed by atoms with Crippen molar-refractivity contribution in [1.29, 1.82) is 0 Å². The molecule has 1 N–H and O–H groups in total. The van der Waals surface area contributed by atoms with E-state index in [4.69, 9.17) is 23.2 Å². The maximum absolute atomic E-state index is 12.3. The molecule has 0 spiro atoms. The molecule has 5 nitrogen and oxygen atoms in total. The Morgan fingerprint density at radius 1 is 1.15 bits per heavy atom. The highest BCUT2D eigenvalue weighted by atomic mass is 35.5. The molecule has 8 heteroatoms. The highest BCUT2D eigenvalue weighted by Crippen LogP contribution is 2.30. The Balaban J connectivity index is 2.09. The summed E-state index contributed by atoms with van der Waals surface area (Å²) < 4.78 is 25.2. The van der Waals surface area contributed by atoms with Gasteiger partial charge >= 0.3 is 0 Å². The SMILES string of the molecule is CC(CNC(=O)CN(c1cc(Cl)ccc1Cl)S(C)(=O)=O)c1ccccc1. The van der Waals surface area contributed by atoms with E-state index in [2.05, 4.69) is 5.32 Å². The maximum Gasteiger partial charge on any atom is 0.240 e. The summed E-state index contributed by atoms with van der Waals surface area (Å²) >= 11 is 12.0. The van der Waals surface area contributed by atoms with Crippen LogP contribution in [0.2, 0.25) is 10.0 Å². The van der Waals surface area contributed by atoms with Gasteiger partial charge in [0.1, 0.15) is 6.54 Å². The van der Waals surface area contributed by atoms with Gasteiger partial charge in [0, 0.05) is 11.6 Å². The number of nitrogens with zero attached hydrogens (tertiary/aromatic N) is 1. The average Bonchev–Trinajstić information content (AvgIpc) is 2.59. The van der Waals surface area contributed by atoms with Crippen LogP contribution in [-0.2, 0) is 14.8 Å². The fraction of sp³-hybridized carbons (Fsp3) is 0.278. The molecule has 0 heterocycles. The van der Waals surface area contributed by atoms with Gasteiger partial charge in [0.25, 0.3) is 0 Å². The Labute approximate surface area is 164 Å². The molecular formula is C18H20Cl2N2O3S. The number of carbonyl (C=O) groups excluding carboxylic acids is 1. The Morgan fingerprint density at radius 3 is 2.42 bits per heavy atom. The Morgan fingerprint density at radius 2 is 1.81 bits per heavy atom. The van der Waals surface area contributed by atoms with Gasteiger partial charge in [-0.1, -0.05) is 60.5 Å². The van der Waals surface area contributed by atoms with Gasteiger partial charge in [0.15, 0.2) is 0 Å². The predicted octanol–water partition coefficient (Wildman–Crippen LogP) is 3.68. The Bertz CT molecular complexity index is 873. The molecule has 0 bridgehead atoms. The molecule has 0 aromatic heterocycles. The second-order valence-electron chi connectivity index (χ2n) is 5.98. The van der Waals surface area contributed by atoms with E-state index in [1.54, 1.807) is 6.07 Å². The third-order valence-corrected chi connectivity index (χ3v) is 5.52. The first-order valence-electron chi connectivity index (χ1n) is 7.93. The molecule has 0 saturated heterocycles. The van der Waals surface area contributed by atoms with Crippen LogP contribution in [0.4, 0.5) is 5.69 Å². The Kier molecular flexibility index (Phi) is 6.92. The molecule has 2 aromatic rings. The van der Waals surface area contributed by atoms with Crippen molar-refractivity contribution >= 4 is 44.8 Å². The normalized spacial score (nSPS) is 12.5. The van der Waals surface area contributed by atoms with Crippen molar-refractivity contribution in [2.75, 3.05) is 23.7 Å². The van der Waals surface area contributed by atoms with Gasteiger partial charge < -0.3 is 5.32 Å². The zero-order chi connectivity index (χ0) is 19.3. The van der Waals surface area contributed by atoms with E-state index < -0.39 is 15.9 Å². The highest BCUT2D eigenvalue weighted by Gasteiger charge is 2.23. The van der Waals surface area contributed by atoms with Gasteiger partial charge in [-0.3, -0.25) is 9.10 Å². The van der Waals surface area contributed by atoms with Crippen LogP contribution in [0.3, 0.4) is 0 Å². The first kappa shape index (κ1) is 20.6. The van der Waals surface area contributed by atoms with Gasteiger partial charge in [-0.05, 0) is 29.7 Å². The van der Waals surface area contributed by atoms with Gasteiger partial charge in [0.2, 0.25) is 15.9 Å². The number of halogens is 2. The number of amides is 1. The van der Waals surface area contributed by atoms with Gasteiger partial charge in [0.05, 0.1) is 17.0 Å². The molecule has 2 rings (SSSR count). The van der Waals surface area contributed by atoms with Crippen molar-refractivity contribution in [1.82, 2.24) is 5.32 Å².